The molecule has 7 nitrogen and oxygen atoms in total. The van der Waals surface area contributed by atoms with Gasteiger partial charge in [0.15, 0.2) is 0 Å². The number of carbonyl (C=O) groups is 2. The topological polar surface area (TPSA) is 114 Å². The average Bonchev–Trinajstić information content (AvgIpc) is 2.35. The Bertz CT molecular complexity index is 502. The zero-order valence-electron chi connectivity index (χ0n) is 12.0. The minimum atomic E-state index is -0.630. The Kier molecular flexibility index (Phi) is 5.31. The number of hydrogen-bond donors (Lipinski definition) is 3. The molecule has 0 fully saturated rings. The van der Waals surface area contributed by atoms with Crippen molar-refractivity contribution in [3.8, 4) is 0 Å². The molecule has 0 saturated heterocycles. The maximum Gasteiger partial charge on any atom is 0.252 e. The van der Waals surface area contributed by atoms with Gasteiger partial charge in [0.25, 0.3) is 5.91 Å². The van der Waals surface area contributed by atoms with Crippen LogP contribution in [0.2, 0.25) is 0 Å². The van der Waals surface area contributed by atoms with Crippen molar-refractivity contribution < 1.29 is 9.59 Å². The van der Waals surface area contributed by atoms with Gasteiger partial charge in [0.1, 0.15) is 5.82 Å². The molecule has 2 amide bonds. The molecule has 1 aromatic rings. The molecule has 20 heavy (non-hydrogen) atoms. The molecule has 110 valence electrons. The van der Waals surface area contributed by atoms with Crippen molar-refractivity contribution in [1.82, 2.24) is 10.3 Å². The van der Waals surface area contributed by atoms with Crippen molar-refractivity contribution in [3.05, 3.63) is 17.8 Å². The van der Waals surface area contributed by atoms with Gasteiger partial charge in [0.2, 0.25) is 5.91 Å². The number of amides is 2. The van der Waals surface area contributed by atoms with Crippen molar-refractivity contribution in [2.45, 2.75) is 13.8 Å². The monoisotopic (exact) mass is 279 g/mol. The third-order valence-electron chi connectivity index (χ3n) is 2.60. The van der Waals surface area contributed by atoms with Gasteiger partial charge in [-0.15, -0.1) is 0 Å². The van der Waals surface area contributed by atoms with Crippen molar-refractivity contribution >= 4 is 23.3 Å². The first-order valence-corrected chi connectivity index (χ1v) is 6.34. The van der Waals surface area contributed by atoms with E-state index in [0.717, 1.165) is 0 Å². The number of likely N-dealkylation sites (N-methyl/N-ethyl adjacent to an activating group) is 1. The van der Waals surface area contributed by atoms with Crippen LogP contribution in [0.25, 0.3) is 0 Å². The quantitative estimate of drug-likeness (QED) is 0.676. The summed E-state index contributed by atoms with van der Waals surface area (Å²) in [6, 6.07) is 1.45. The van der Waals surface area contributed by atoms with Gasteiger partial charge in [0, 0.05) is 13.6 Å². The summed E-state index contributed by atoms with van der Waals surface area (Å²) in [4.78, 5) is 28.8. The number of nitrogens with one attached hydrogen (secondary N) is 1. The van der Waals surface area contributed by atoms with Crippen LogP contribution >= 0.6 is 0 Å². The van der Waals surface area contributed by atoms with E-state index < -0.39 is 5.91 Å². The maximum absolute atomic E-state index is 11.8. The third-order valence-corrected chi connectivity index (χ3v) is 2.60. The van der Waals surface area contributed by atoms with Crippen molar-refractivity contribution in [1.29, 1.82) is 0 Å². The highest BCUT2D eigenvalue weighted by Gasteiger charge is 2.16. The van der Waals surface area contributed by atoms with E-state index in [9.17, 15) is 9.59 Å². The number of hydrogen-bond acceptors (Lipinski definition) is 5. The van der Waals surface area contributed by atoms with E-state index in [4.69, 9.17) is 11.5 Å². The number of pyridine rings is 1. The minimum absolute atomic E-state index is 0.0872. The Morgan fingerprint density at radius 3 is 2.65 bits per heavy atom. The number of carbonyl (C=O) groups excluding carboxylic acids is 2. The first kappa shape index (κ1) is 15.7. The van der Waals surface area contributed by atoms with Gasteiger partial charge >= 0.3 is 0 Å². The fourth-order valence-electron chi connectivity index (χ4n) is 1.62. The summed E-state index contributed by atoms with van der Waals surface area (Å²) in [5, 5.41) is 2.79. The minimum Gasteiger partial charge on any atom is -0.397 e. The second kappa shape index (κ2) is 6.74. The van der Waals surface area contributed by atoms with E-state index in [1.54, 1.807) is 11.9 Å². The molecule has 0 saturated carbocycles. The molecule has 5 N–H and O–H groups in total. The Morgan fingerprint density at radius 2 is 2.10 bits per heavy atom. The first-order chi connectivity index (χ1) is 9.31. The summed E-state index contributed by atoms with van der Waals surface area (Å²) in [5.74, 6) is -0.0593. The lowest BCUT2D eigenvalue weighted by Gasteiger charge is -2.20. The van der Waals surface area contributed by atoms with Crippen molar-refractivity contribution in [2.24, 2.45) is 11.7 Å². The lowest BCUT2D eigenvalue weighted by atomic mass is 10.2. The predicted molar refractivity (Wildman–Crippen MR) is 78.3 cm³/mol. The van der Waals surface area contributed by atoms with Crippen LogP contribution < -0.4 is 21.7 Å². The van der Waals surface area contributed by atoms with Crippen LogP contribution in [0.1, 0.15) is 24.2 Å². The summed E-state index contributed by atoms with van der Waals surface area (Å²) < 4.78 is 0. The maximum atomic E-state index is 11.8. The molecule has 0 bridgehead atoms. The molecule has 0 spiro atoms. The van der Waals surface area contributed by atoms with Crippen LogP contribution in [-0.4, -0.2) is 36.9 Å². The Labute approximate surface area is 118 Å². The number of anilines is 2. The van der Waals surface area contributed by atoms with E-state index in [0.29, 0.717) is 24.0 Å². The second-order valence-corrected chi connectivity index (χ2v) is 5.06. The van der Waals surface area contributed by atoms with Crippen LogP contribution in [-0.2, 0) is 4.79 Å². The molecular formula is C13H21N5O2. The van der Waals surface area contributed by atoms with Gasteiger partial charge in [-0.2, -0.15) is 0 Å². The molecule has 0 radical (unpaired) electrons. The lowest BCUT2D eigenvalue weighted by Crippen LogP contribution is -2.38. The van der Waals surface area contributed by atoms with Crippen LogP contribution in [0, 0.1) is 5.92 Å². The highest BCUT2D eigenvalue weighted by molar-refractivity contribution is 5.99. The number of primary amides is 1. The molecule has 1 aromatic heterocycles. The van der Waals surface area contributed by atoms with E-state index >= 15 is 0 Å². The molecule has 0 atom stereocenters. The lowest BCUT2D eigenvalue weighted by molar-refractivity contribution is -0.119. The average molecular weight is 279 g/mol. The Balaban J connectivity index is 2.79. The number of nitrogen functional groups attached to an aromatic ring is 1. The second-order valence-electron chi connectivity index (χ2n) is 5.06. The van der Waals surface area contributed by atoms with Gasteiger partial charge in [-0.05, 0) is 12.0 Å². The normalized spacial score (nSPS) is 10.4. The summed E-state index contributed by atoms with van der Waals surface area (Å²) in [5.41, 5.74) is 11.4. The number of aromatic nitrogens is 1. The first-order valence-electron chi connectivity index (χ1n) is 6.34. The van der Waals surface area contributed by atoms with Crippen molar-refractivity contribution in [3.63, 3.8) is 0 Å². The number of nitrogens with zero attached hydrogens (tertiary/aromatic N) is 2. The highest BCUT2D eigenvalue weighted by atomic mass is 16.2. The van der Waals surface area contributed by atoms with Crippen LogP contribution in [0.5, 0.6) is 0 Å². The van der Waals surface area contributed by atoms with E-state index in [1.807, 2.05) is 13.8 Å². The molecular weight excluding hydrogens is 258 g/mol. The van der Waals surface area contributed by atoms with Gasteiger partial charge in [-0.3, -0.25) is 9.59 Å². The fourth-order valence-corrected chi connectivity index (χ4v) is 1.62. The number of nitrogens with two attached hydrogens (primary N) is 2. The third kappa shape index (κ3) is 4.42. The molecule has 0 aliphatic carbocycles. The molecule has 7 heteroatoms. The van der Waals surface area contributed by atoms with E-state index in [-0.39, 0.29) is 18.0 Å². The SMILES string of the molecule is CC(C)CNC(=O)CN(C)c1ncc(N)cc1C(N)=O. The summed E-state index contributed by atoms with van der Waals surface area (Å²) >= 11 is 0. The van der Waals surface area contributed by atoms with Crippen LogP contribution in [0.3, 0.4) is 0 Å². The zero-order valence-corrected chi connectivity index (χ0v) is 12.0. The molecule has 0 aromatic carbocycles. The smallest absolute Gasteiger partial charge is 0.252 e. The van der Waals surface area contributed by atoms with Crippen LogP contribution in [0.4, 0.5) is 11.5 Å². The van der Waals surface area contributed by atoms with Crippen LogP contribution in [0.15, 0.2) is 12.3 Å². The van der Waals surface area contributed by atoms with Crippen molar-refractivity contribution in [2.75, 3.05) is 30.8 Å². The zero-order chi connectivity index (χ0) is 15.3. The number of rotatable bonds is 6. The fraction of sp³-hybridized carbons (Fsp3) is 0.462. The molecule has 0 aliphatic heterocycles. The van der Waals surface area contributed by atoms with Gasteiger partial charge in [0.05, 0.1) is 24.0 Å². The van der Waals surface area contributed by atoms with E-state index in [2.05, 4.69) is 10.3 Å². The highest BCUT2D eigenvalue weighted by Crippen LogP contribution is 2.18. The standard InChI is InChI=1S/C13H21N5O2/c1-8(2)5-16-11(19)7-18(3)13-10(12(15)20)4-9(14)6-17-13/h4,6,8H,5,7,14H2,1-3H3,(H2,15,20)(H,16,19). The molecule has 0 aliphatic rings. The summed E-state index contributed by atoms with van der Waals surface area (Å²) in [7, 11) is 1.67. The van der Waals surface area contributed by atoms with E-state index in [1.165, 1.54) is 12.3 Å². The Morgan fingerprint density at radius 1 is 1.45 bits per heavy atom. The predicted octanol–water partition coefficient (Wildman–Crippen LogP) is -0.0289. The molecule has 0 unspecified atom stereocenters. The largest absolute Gasteiger partial charge is 0.397 e. The summed E-state index contributed by atoms with van der Waals surface area (Å²) in [6.07, 6.45) is 1.42. The molecule has 1 heterocycles. The van der Waals surface area contributed by atoms with Gasteiger partial charge in [-0.1, -0.05) is 13.8 Å². The van der Waals surface area contributed by atoms with Gasteiger partial charge < -0.3 is 21.7 Å². The summed E-state index contributed by atoms with van der Waals surface area (Å²) in [6.45, 7) is 4.71. The molecule has 1 rings (SSSR count). The Hall–Kier alpha value is -2.31. The van der Waals surface area contributed by atoms with Gasteiger partial charge in [-0.25, -0.2) is 4.98 Å².